The van der Waals surface area contributed by atoms with Crippen molar-refractivity contribution < 1.29 is 9.53 Å². The van der Waals surface area contributed by atoms with Crippen molar-refractivity contribution in [3.05, 3.63) is 23.9 Å². The zero-order valence-corrected chi connectivity index (χ0v) is 13.4. The fourth-order valence-corrected chi connectivity index (χ4v) is 2.79. The summed E-state index contributed by atoms with van der Waals surface area (Å²) in [5.74, 6) is 0.749. The number of carbonyl (C=O) groups excluding carboxylic acids is 1. The van der Waals surface area contributed by atoms with Crippen LogP contribution < -0.4 is 10.6 Å². The molecule has 0 radical (unpaired) electrons. The first-order valence-corrected chi connectivity index (χ1v) is 8.29. The number of carbonyl (C=O) groups is 1. The lowest BCUT2D eigenvalue weighted by Crippen LogP contribution is -2.34. The quantitative estimate of drug-likeness (QED) is 0.600. The Bertz CT molecular complexity index is 457. The van der Waals surface area contributed by atoms with Crippen molar-refractivity contribution in [3.8, 4) is 0 Å². The van der Waals surface area contributed by atoms with Crippen molar-refractivity contribution in [1.29, 1.82) is 0 Å². The van der Waals surface area contributed by atoms with Crippen molar-refractivity contribution in [2.75, 3.05) is 25.6 Å². The first kappa shape index (κ1) is 16.7. The molecule has 0 spiro atoms. The summed E-state index contributed by atoms with van der Waals surface area (Å²) < 4.78 is 5.01. The number of ether oxygens (including phenoxy) is 1. The molecule has 2 rings (SSSR count). The summed E-state index contributed by atoms with van der Waals surface area (Å²) in [6, 6.07) is 3.91. The number of hydrogen-bond acceptors (Lipinski definition) is 4. The van der Waals surface area contributed by atoms with E-state index in [-0.39, 0.29) is 5.91 Å². The maximum Gasteiger partial charge on any atom is 0.251 e. The van der Waals surface area contributed by atoms with Crippen LogP contribution in [0, 0.1) is 0 Å². The van der Waals surface area contributed by atoms with Crippen molar-refractivity contribution in [1.82, 2.24) is 10.3 Å². The lowest BCUT2D eigenvalue weighted by molar-refractivity contribution is 0.0933. The van der Waals surface area contributed by atoms with E-state index in [9.17, 15) is 4.79 Å². The maximum absolute atomic E-state index is 12.4. The minimum atomic E-state index is 0.00856. The Hall–Kier alpha value is -1.62. The predicted molar refractivity (Wildman–Crippen MR) is 88.2 cm³/mol. The Balaban J connectivity index is 1.86. The van der Waals surface area contributed by atoms with E-state index >= 15 is 0 Å². The molecule has 1 heterocycles. The number of methoxy groups -OCH3 is 1. The van der Waals surface area contributed by atoms with Crippen LogP contribution in [0.25, 0.3) is 0 Å². The molecule has 1 amide bonds. The van der Waals surface area contributed by atoms with Gasteiger partial charge in [-0.25, -0.2) is 4.98 Å². The molecule has 5 heteroatoms. The third-order valence-electron chi connectivity index (χ3n) is 4.04. The number of hydrogen-bond donors (Lipinski definition) is 2. The number of amides is 1. The second-order valence-electron chi connectivity index (χ2n) is 5.86. The average molecular weight is 305 g/mol. The van der Waals surface area contributed by atoms with Gasteiger partial charge in [0.1, 0.15) is 5.82 Å². The normalized spacial score (nSPS) is 16.0. The third kappa shape index (κ3) is 5.64. The van der Waals surface area contributed by atoms with Crippen molar-refractivity contribution in [2.45, 2.75) is 51.0 Å². The first-order valence-electron chi connectivity index (χ1n) is 8.29. The Morgan fingerprint density at radius 3 is 2.82 bits per heavy atom. The molecule has 2 N–H and O–H groups in total. The third-order valence-corrected chi connectivity index (χ3v) is 4.04. The van der Waals surface area contributed by atoms with Crippen molar-refractivity contribution >= 4 is 11.7 Å². The Morgan fingerprint density at radius 1 is 1.32 bits per heavy atom. The second-order valence-corrected chi connectivity index (χ2v) is 5.86. The molecule has 1 aliphatic carbocycles. The minimum Gasteiger partial charge on any atom is -0.385 e. The highest BCUT2D eigenvalue weighted by Crippen LogP contribution is 2.18. The molecule has 1 aromatic rings. The standard InChI is InChI=1S/C17H27N3O2/c1-22-12-6-10-18-16-13-14(9-11-19-16)17(21)20-15-7-4-2-3-5-8-15/h9,11,13,15H,2-8,10,12H2,1H3,(H,18,19)(H,20,21). The van der Waals surface area contributed by atoms with Crippen molar-refractivity contribution in [2.24, 2.45) is 0 Å². The van der Waals surface area contributed by atoms with Gasteiger partial charge in [-0.2, -0.15) is 0 Å². The van der Waals surface area contributed by atoms with Gasteiger partial charge in [-0.3, -0.25) is 4.79 Å². The smallest absolute Gasteiger partial charge is 0.251 e. The number of aromatic nitrogens is 1. The number of nitrogens with one attached hydrogen (secondary N) is 2. The highest BCUT2D eigenvalue weighted by molar-refractivity contribution is 5.94. The van der Waals surface area contributed by atoms with Gasteiger partial charge in [0.15, 0.2) is 0 Å². The topological polar surface area (TPSA) is 63.2 Å². The first-order chi connectivity index (χ1) is 10.8. The lowest BCUT2D eigenvalue weighted by Gasteiger charge is -2.16. The van der Waals surface area contributed by atoms with Crippen LogP contribution >= 0.6 is 0 Å². The average Bonchev–Trinajstić information content (AvgIpc) is 2.80. The van der Waals surface area contributed by atoms with Crippen LogP contribution in [0.4, 0.5) is 5.82 Å². The summed E-state index contributed by atoms with van der Waals surface area (Å²) in [6.07, 6.45) is 9.80. The van der Waals surface area contributed by atoms with Crippen LogP contribution in [0.2, 0.25) is 0 Å². The molecule has 1 fully saturated rings. The van der Waals surface area contributed by atoms with Gasteiger partial charge in [-0.05, 0) is 31.4 Å². The van der Waals surface area contributed by atoms with E-state index in [0.29, 0.717) is 11.6 Å². The van der Waals surface area contributed by atoms with Crippen LogP contribution in [0.5, 0.6) is 0 Å². The minimum absolute atomic E-state index is 0.00856. The van der Waals surface area contributed by atoms with Crippen LogP contribution in [0.3, 0.4) is 0 Å². The fourth-order valence-electron chi connectivity index (χ4n) is 2.79. The van der Waals surface area contributed by atoms with E-state index in [1.54, 1.807) is 19.4 Å². The van der Waals surface area contributed by atoms with Crippen LogP contribution in [-0.2, 0) is 4.74 Å². The van der Waals surface area contributed by atoms with Gasteiger partial charge in [0.25, 0.3) is 5.91 Å². The zero-order valence-electron chi connectivity index (χ0n) is 13.4. The molecule has 5 nitrogen and oxygen atoms in total. The predicted octanol–water partition coefficient (Wildman–Crippen LogP) is 2.98. The van der Waals surface area contributed by atoms with E-state index < -0.39 is 0 Å². The van der Waals surface area contributed by atoms with Crippen molar-refractivity contribution in [3.63, 3.8) is 0 Å². The molecule has 1 aromatic heterocycles. The molecule has 0 aromatic carbocycles. The lowest BCUT2D eigenvalue weighted by atomic mass is 10.1. The largest absolute Gasteiger partial charge is 0.385 e. The van der Waals surface area contributed by atoms with Gasteiger partial charge in [0.2, 0.25) is 0 Å². The highest BCUT2D eigenvalue weighted by atomic mass is 16.5. The van der Waals surface area contributed by atoms with Crippen LogP contribution in [-0.4, -0.2) is 37.2 Å². The molecule has 122 valence electrons. The molecular formula is C17H27N3O2. The van der Waals surface area contributed by atoms with Gasteiger partial charge in [-0.15, -0.1) is 0 Å². The Labute approximate surface area is 132 Å². The molecule has 1 aliphatic rings. The van der Waals surface area contributed by atoms with Gasteiger partial charge in [0, 0.05) is 38.1 Å². The number of anilines is 1. The molecule has 0 bridgehead atoms. The molecule has 0 atom stereocenters. The van der Waals surface area contributed by atoms with Gasteiger partial charge < -0.3 is 15.4 Å². The molecule has 0 saturated heterocycles. The summed E-state index contributed by atoms with van der Waals surface area (Å²) in [4.78, 5) is 16.6. The number of pyridine rings is 1. The van der Waals surface area contributed by atoms with E-state index in [2.05, 4.69) is 15.6 Å². The van der Waals surface area contributed by atoms with E-state index in [1.807, 2.05) is 6.07 Å². The summed E-state index contributed by atoms with van der Waals surface area (Å²) in [5.41, 5.74) is 0.675. The van der Waals surface area contributed by atoms with E-state index in [0.717, 1.165) is 38.2 Å². The van der Waals surface area contributed by atoms with E-state index in [1.165, 1.54) is 25.7 Å². The van der Waals surface area contributed by atoms with Gasteiger partial charge >= 0.3 is 0 Å². The van der Waals surface area contributed by atoms with Gasteiger partial charge in [0.05, 0.1) is 0 Å². The Morgan fingerprint density at radius 2 is 2.09 bits per heavy atom. The summed E-state index contributed by atoms with van der Waals surface area (Å²) in [5, 5.41) is 6.38. The second kappa shape index (κ2) is 9.41. The Kier molecular flexibility index (Phi) is 7.16. The molecule has 0 aliphatic heterocycles. The summed E-state index contributed by atoms with van der Waals surface area (Å²) in [7, 11) is 1.69. The van der Waals surface area contributed by atoms with E-state index in [4.69, 9.17) is 4.74 Å². The molecule has 22 heavy (non-hydrogen) atoms. The fraction of sp³-hybridized carbons (Fsp3) is 0.647. The maximum atomic E-state index is 12.4. The molecular weight excluding hydrogens is 278 g/mol. The zero-order chi connectivity index (χ0) is 15.6. The van der Waals surface area contributed by atoms with Crippen LogP contribution in [0.15, 0.2) is 18.3 Å². The number of rotatable bonds is 7. The monoisotopic (exact) mass is 305 g/mol. The highest BCUT2D eigenvalue weighted by Gasteiger charge is 2.16. The molecule has 0 unspecified atom stereocenters. The van der Waals surface area contributed by atoms with Gasteiger partial charge in [-0.1, -0.05) is 25.7 Å². The van der Waals surface area contributed by atoms with Crippen LogP contribution in [0.1, 0.15) is 55.3 Å². The summed E-state index contributed by atoms with van der Waals surface area (Å²) >= 11 is 0. The summed E-state index contributed by atoms with van der Waals surface area (Å²) in [6.45, 7) is 1.50. The molecule has 1 saturated carbocycles. The number of nitrogens with zero attached hydrogens (tertiary/aromatic N) is 1. The SMILES string of the molecule is COCCCNc1cc(C(=O)NC2CCCCCC2)ccn1.